The summed E-state index contributed by atoms with van der Waals surface area (Å²) in [6.45, 7) is 17.7. The molecule has 0 spiro atoms. The fourth-order valence-corrected chi connectivity index (χ4v) is 14.1. The van der Waals surface area contributed by atoms with E-state index in [1.807, 2.05) is 6.20 Å². The van der Waals surface area contributed by atoms with Crippen LogP contribution in [0.5, 0.6) is 11.5 Å². The van der Waals surface area contributed by atoms with E-state index in [-0.39, 0.29) is 31.9 Å². The third-order valence-corrected chi connectivity index (χ3v) is 17.6. The number of aromatic nitrogens is 3. The van der Waals surface area contributed by atoms with E-state index in [0.29, 0.717) is 17.4 Å². The van der Waals surface area contributed by atoms with E-state index >= 15 is 0 Å². The summed E-state index contributed by atoms with van der Waals surface area (Å²) in [7, 11) is 0. The molecule has 0 radical (unpaired) electrons. The van der Waals surface area contributed by atoms with Crippen LogP contribution in [0.3, 0.4) is 0 Å². The third kappa shape index (κ3) is 9.03. The molecule has 4 nitrogen and oxygen atoms in total. The first kappa shape index (κ1) is 37.7. The predicted octanol–water partition coefficient (Wildman–Crippen LogP) is 8.83. The van der Waals surface area contributed by atoms with Crippen LogP contribution in [0.15, 0.2) is 116 Å². The van der Waals surface area contributed by atoms with E-state index in [1.54, 1.807) is 6.33 Å². The molecule has 6 rings (SSSR count). The van der Waals surface area contributed by atoms with Crippen LogP contribution in [0, 0.1) is 12.1 Å². The van der Waals surface area contributed by atoms with Crippen molar-refractivity contribution >= 4 is 31.7 Å². The Kier molecular flexibility index (Phi) is 11.9. The second-order valence-electron chi connectivity index (χ2n) is 14.8. The van der Waals surface area contributed by atoms with Gasteiger partial charge in [0.1, 0.15) is 0 Å². The molecule has 0 aliphatic heterocycles. The fraction of sp³-hybridized carbons (Fsp3) is 0.250. The number of pyridine rings is 1. The molecule has 0 unspecified atom stereocenters. The summed E-state index contributed by atoms with van der Waals surface area (Å²) >= 11 is -2.69. The summed E-state index contributed by atoms with van der Waals surface area (Å²) in [6, 6.07) is 43.7. The van der Waals surface area contributed by atoms with Gasteiger partial charge in [0.25, 0.3) is 0 Å². The standard InChI is InChI=1S/C32H34N3O.2C6H5.Bi.Pt/c1-21(2)22-9-12-34-30(17-22)24-14-26(32(6,7)8)19-28(16-24)36-27-15-23(29-10-11-33-20-35-29)13-25(18-27)31(3,4)5;2*1-2-4-6-5-3-1;;/h9-10,12-14,17-21H,1-8H3;2*1-5H;;/q-2;;;;+2. The van der Waals surface area contributed by atoms with Crippen molar-refractivity contribution in [3.8, 4) is 34.0 Å². The van der Waals surface area contributed by atoms with Gasteiger partial charge in [0.15, 0.2) is 0 Å². The van der Waals surface area contributed by atoms with Gasteiger partial charge < -0.3 is 0 Å². The zero-order valence-corrected chi connectivity index (χ0v) is 35.8. The van der Waals surface area contributed by atoms with Crippen LogP contribution >= 0.6 is 0 Å². The Morgan fingerprint density at radius 3 is 1.58 bits per heavy atom. The summed E-state index contributed by atoms with van der Waals surface area (Å²) in [5.74, 6) is 1.67. The number of rotatable bonds is 8. The van der Waals surface area contributed by atoms with Crippen LogP contribution in [0.2, 0.25) is 0 Å². The molecule has 2 heterocycles. The average Bonchev–Trinajstić information content (AvgIpc) is 3.08. The van der Waals surface area contributed by atoms with Gasteiger partial charge in [-0.15, -0.1) is 0 Å². The Morgan fingerprint density at radius 1 is 0.600 bits per heavy atom. The number of hydrogen-bond acceptors (Lipinski definition) is 4. The monoisotopic (exact) mass is 1030 g/mol. The number of ether oxygens (including phenoxy) is 1. The average molecular weight is 1030 g/mol. The van der Waals surface area contributed by atoms with E-state index in [2.05, 4.69) is 171 Å². The minimum atomic E-state index is -2.69. The summed E-state index contributed by atoms with van der Waals surface area (Å²) in [4.78, 5) is 14.4. The number of benzene rings is 4. The quantitative estimate of drug-likeness (QED) is 0.113. The maximum absolute atomic E-state index is 6.70. The Labute approximate surface area is 320 Å². The van der Waals surface area contributed by atoms with Gasteiger partial charge in [-0.2, -0.15) is 0 Å². The maximum atomic E-state index is 6.70. The van der Waals surface area contributed by atoms with Crippen LogP contribution in [0.1, 0.15) is 78.0 Å². The Morgan fingerprint density at radius 2 is 1.10 bits per heavy atom. The number of nitrogens with zero attached hydrogens (tertiary/aromatic N) is 3. The first-order chi connectivity index (χ1) is 23.3. The Hall–Kier alpha value is -3.52. The van der Waals surface area contributed by atoms with Crippen LogP contribution < -0.4 is 14.7 Å². The van der Waals surface area contributed by atoms with Crippen LogP contribution in [0.4, 0.5) is 0 Å². The summed E-state index contributed by atoms with van der Waals surface area (Å²) in [5, 5.41) is 0. The van der Waals surface area contributed by atoms with Gasteiger partial charge in [0.05, 0.1) is 0 Å². The van der Waals surface area contributed by atoms with Gasteiger partial charge in [-0.3, -0.25) is 0 Å². The van der Waals surface area contributed by atoms with Crippen molar-refractivity contribution in [2.24, 2.45) is 0 Å². The molecular formula is C44H44BiN3OPt. The van der Waals surface area contributed by atoms with Gasteiger partial charge in [-0.05, 0) is 12.0 Å². The SMILES string of the molecule is CC(C)c1ccnc(-c2[c-]c(Oc3[c-]c(-c4c[c]([Bi]([c]5ccccc5)[c]5ccccc5)ncn4)cc(C(C)(C)C)c3)cc(C(C)(C)C)c2)c1.[Pt+2]. The minimum absolute atomic E-state index is 0. The molecule has 0 aliphatic carbocycles. The summed E-state index contributed by atoms with van der Waals surface area (Å²) < 4.78 is 10.6. The van der Waals surface area contributed by atoms with Crippen molar-refractivity contribution in [1.82, 2.24) is 15.0 Å². The third-order valence-electron chi connectivity index (χ3n) is 8.55. The van der Waals surface area contributed by atoms with Gasteiger partial charge in [-0.25, -0.2) is 0 Å². The van der Waals surface area contributed by atoms with Crippen molar-refractivity contribution in [2.45, 2.75) is 72.1 Å². The van der Waals surface area contributed by atoms with Crippen LogP contribution in [-0.2, 0) is 31.9 Å². The zero-order valence-electron chi connectivity index (χ0n) is 30.1. The molecule has 4 aromatic carbocycles. The second kappa shape index (κ2) is 15.8. The molecule has 256 valence electrons. The van der Waals surface area contributed by atoms with E-state index in [0.717, 1.165) is 37.0 Å². The van der Waals surface area contributed by atoms with Crippen molar-refractivity contribution in [3.05, 3.63) is 144 Å². The van der Waals surface area contributed by atoms with E-state index in [9.17, 15) is 0 Å². The first-order valence-electron chi connectivity index (χ1n) is 16.9. The summed E-state index contributed by atoms with van der Waals surface area (Å²) in [5.41, 5.74) is 6.84. The van der Waals surface area contributed by atoms with Gasteiger partial charge in [-0.1, -0.05) is 19.4 Å². The minimum Gasteiger partial charge on any atom is 2.00 e. The normalized spacial score (nSPS) is 11.8. The fourth-order valence-electron chi connectivity index (χ4n) is 5.59. The second-order valence-corrected chi connectivity index (χ2v) is 23.2. The van der Waals surface area contributed by atoms with Crippen molar-refractivity contribution in [1.29, 1.82) is 0 Å². The predicted molar refractivity (Wildman–Crippen MR) is 204 cm³/mol. The van der Waals surface area contributed by atoms with Crippen LogP contribution in [0.25, 0.3) is 22.5 Å². The van der Waals surface area contributed by atoms with E-state index in [1.165, 1.54) is 12.1 Å². The summed E-state index contributed by atoms with van der Waals surface area (Å²) in [6.07, 6.45) is 3.60. The van der Waals surface area contributed by atoms with Crippen molar-refractivity contribution < 1.29 is 25.8 Å². The van der Waals surface area contributed by atoms with Gasteiger partial charge in [0.2, 0.25) is 0 Å². The molecule has 2 aromatic heterocycles. The molecule has 0 N–H and O–H groups in total. The van der Waals surface area contributed by atoms with E-state index < -0.39 is 21.8 Å². The molecular weight excluding hydrogens is 991 g/mol. The molecule has 0 aliphatic rings. The van der Waals surface area contributed by atoms with E-state index in [4.69, 9.17) is 19.7 Å². The Balaban J connectivity index is 0.00000486. The molecule has 0 saturated heterocycles. The molecule has 50 heavy (non-hydrogen) atoms. The number of hydrogen-bond donors (Lipinski definition) is 0. The van der Waals surface area contributed by atoms with Crippen molar-refractivity contribution in [2.75, 3.05) is 0 Å². The van der Waals surface area contributed by atoms with Gasteiger partial charge >= 0.3 is 285 Å². The molecule has 6 heteroatoms. The topological polar surface area (TPSA) is 47.9 Å². The first-order valence-corrected chi connectivity index (χ1v) is 22.1. The van der Waals surface area contributed by atoms with Crippen molar-refractivity contribution in [3.63, 3.8) is 0 Å². The molecule has 0 bridgehead atoms. The molecule has 0 fully saturated rings. The smallest absolute Gasteiger partial charge is 2.00 e. The Bertz CT molecular complexity index is 2010. The molecule has 6 aromatic rings. The van der Waals surface area contributed by atoms with Gasteiger partial charge in [0, 0.05) is 6.20 Å². The molecule has 0 saturated carbocycles. The van der Waals surface area contributed by atoms with Crippen LogP contribution in [-0.4, -0.2) is 36.7 Å². The zero-order chi connectivity index (χ0) is 34.8. The molecule has 0 atom stereocenters. The molecule has 0 amide bonds.